The highest BCUT2D eigenvalue weighted by Gasteiger charge is 2.27. The molecule has 2 N–H and O–H groups in total. The van der Waals surface area contributed by atoms with E-state index in [4.69, 9.17) is 0 Å². The second-order valence-electron chi connectivity index (χ2n) is 8.25. The SMILES string of the molecule is CCCN(C(=O)NC(CSCCC(C)C)C(=O)O)C(=O)c1cccc(C#Cc2ccccc2)c1. The fourth-order valence-corrected chi connectivity index (χ4v) is 4.26. The van der Waals surface area contributed by atoms with Gasteiger partial charge >= 0.3 is 12.0 Å². The standard InChI is InChI=1S/C27H32N2O4S/c1-4-16-29(27(33)28-24(26(31)32)19-34-17-15-20(2)3)25(30)23-12-8-11-22(18-23)14-13-21-9-6-5-7-10-21/h5-12,18,20,24H,4,15-17,19H2,1-3H3,(H,28,33)(H,31,32). The van der Waals surface area contributed by atoms with Gasteiger partial charge in [0.05, 0.1) is 0 Å². The lowest BCUT2D eigenvalue weighted by Gasteiger charge is -2.23. The number of aliphatic carboxylic acids is 1. The highest BCUT2D eigenvalue weighted by Crippen LogP contribution is 2.12. The average Bonchev–Trinajstić information content (AvgIpc) is 2.83. The Kier molecular flexibility index (Phi) is 11.2. The number of benzene rings is 2. The first-order valence-electron chi connectivity index (χ1n) is 11.4. The van der Waals surface area contributed by atoms with Crippen LogP contribution in [0.2, 0.25) is 0 Å². The Morgan fingerprint density at radius 3 is 2.35 bits per heavy atom. The van der Waals surface area contributed by atoms with Crippen LogP contribution < -0.4 is 5.32 Å². The summed E-state index contributed by atoms with van der Waals surface area (Å²) in [7, 11) is 0. The molecule has 2 rings (SSSR count). The topological polar surface area (TPSA) is 86.7 Å². The van der Waals surface area contributed by atoms with Gasteiger partial charge in [0.25, 0.3) is 5.91 Å². The number of nitrogens with one attached hydrogen (secondary N) is 1. The summed E-state index contributed by atoms with van der Waals surface area (Å²) in [6, 6.07) is 14.5. The van der Waals surface area contributed by atoms with E-state index in [0.717, 1.165) is 22.6 Å². The third kappa shape index (κ3) is 8.95. The van der Waals surface area contributed by atoms with Crippen LogP contribution in [-0.4, -0.2) is 52.0 Å². The van der Waals surface area contributed by atoms with E-state index in [9.17, 15) is 19.5 Å². The number of amides is 3. The first kappa shape index (κ1) is 27.0. The number of imide groups is 1. The average molecular weight is 481 g/mol. The molecule has 6 nitrogen and oxygen atoms in total. The highest BCUT2D eigenvalue weighted by molar-refractivity contribution is 7.99. The minimum absolute atomic E-state index is 0.178. The predicted molar refractivity (Wildman–Crippen MR) is 137 cm³/mol. The van der Waals surface area contributed by atoms with Crippen LogP contribution >= 0.6 is 11.8 Å². The largest absolute Gasteiger partial charge is 0.480 e. The van der Waals surface area contributed by atoms with Crippen molar-refractivity contribution in [2.45, 2.75) is 39.7 Å². The third-order valence-electron chi connectivity index (χ3n) is 4.89. The van der Waals surface area contributed by atoms with Crippen molar-refractivity contribution in [3.05, 3.63) is 71.3 Å². The van der Waals surface area contributed by atoms with Crippen LogP contribution in [0, 0.1) is 17.8 Å². The van der Waals surface area contributed by atoms with Gasteiger partial charge in [-0.05, 0) is 54.8 Å². The molecule has 0 bridgehead atoms. The van der Waals surface area contributed by atoms with Crippen LogP contribution in [0.4, 0.5) is 4.79 Å². The van der Waals surface area contributed by atoms with Gasteiger partial charge in [0.1, 0.15) is 6.04 Å². The monoisotopic (exact) mass is 480 g/mol. The van der Waals surface area contributed by atoms with Gasteiger partial charge in [-0.1, -0.05) is 56.9 Å². The zero-order valence-corrected chi connectivity index (χ0v) is 20.7. The summed E-state index contributed by atoms with van der Waals surface area (Å²) in [5, 5.41) is 12.1. The quantitative estimate of drug-likeness (QED) is 0.374. The lowest BCUT2D eigenvalue weighted by Crippen LogP contribution is -2.51. The molecule has 1 unspecified atom stereocenters. The zero-order chi connectivity index (χ0) is 24.9. The normalized spacial score (nSPS) is 11.3. The Balaban J connectivity index is 2.12. The smallest absolute Gasteiger partial charge is 0.327 e. The van der Waals surface area contributed by atoms with Gasteiger partial charge in [-0.2, -0.15) is 11.8 Å². The van der Waals surface area contributed by atoms with Crippen molar-refractivity contribution in [2.24, 2.45) is 5.92 Å². The number of carbonyl (C=O) groups is 3. The second-order valence-corrected chi connectivity index (χ2v) is 9.40. The molecule has 0 saturated heterocycles. The van der Waals surface area contributed by atoms with Crippen LogP contribution in [0.1, 0.15) is 55.1 Å². The van der Waals surface area contributed by atoms with E-state index in [1.807, 2.05) is 37.3 Å². The third-order valence-corrected chi connectivity index (χ3v) is 5.99. The molecule has 2 aromatic carbocycles. The van der Waals surface area contributed by atoms with Gasteiger partial charge in [-0.15, -0.1) is 0 Å². The van der Waals surface area contributed by atoms with Crippen LogP contribution in [0.15, 0.2) is 54.6 Å². The van der Waals surface area contributed by atoms with E-state index in [0.29, 0.717) is 23.5 Å². The van der Waals surface area contributed by atoms with Gasteiger partial charge in [0.2, 0.25) is 0 Å². The number of rotatable bonds is 10. The molecule has 0 aliphatic rings. The van der Waals surface area contributed by atoms with Crippen molar-refractivity contribution in [3.63, 3.8) is 0 Å². The Morgan fingerprint density at radius 1 is 1.03 bits per heavy atom. The van der Waals surface area contributed by atoms with Gasteiger partial charge in [0.15, 0.2) is 0 Å². The number of urea groups is 1. The van der Waals surface area contributed by atoms with E-state index in [1.165, 1.54) is 11.8 Å². The number of hydrogen-bond donors (Lipinski definition) is 2. The molecule has 2 aromatic rings. The van der Waals surface area contributed by atoms with Crippen molar-refractivity contribution in [2.75, 3.05) is 18.1 Å². The number of carboxylic acids is 1. The Hall–Kier alpha value is -3.24. The molecule has 3 amide bonds. The minimum atomic E-state index is -1.12. The number of hydrogen-bond acceptors (Lipinski definition) is 4. The zero-order valence-electron chi connectivity index (χ0n) is 19.9. The van der Waals surface area contributed by atoms with E-state index in [2.05, 4.69) is 31.0 Å². The maximum absolute atomic E-state index is 13.2. The Morgan fingerprint density at radius 2 is 1.71 bits per heavy atom. The molecular formula is C27H32N2O4S. The van der Waals surface area contributed by atoms with Crippen molar-refractivity contribution >= 4 is 29.7 Å². The van der Waals surface area contributed by atoms with Crippen molar-refractivity contribution in [1.29, 1.82) is 0 Å². The summed E-state index contributed by atoms with van der Waals surface area (Å²) in [5.74, 6) is 6.06. The molecule has 34 heavy (non-hydrogen) atoms. The predicted octanol–water partition coefficient (Wildman–Crippen LogP) is 4.88. The molecule has 0 saturated carbocycles. The first-order chi connectivity index (χ1) is 16.3. The van der Waals surface area contributed by atoms with E-state index in [1.54, 1.807) is 24.3 Å². The van der Waals surface area contributed by atoms with E-state index in [-0.39, 0.29) is 12.3 Å². The lowest BCUT2D eigenvalue weighted by molar-refractivity contribution is -0.138. The molecule has 7 heteroatoms. The summed E-state index contributed by atoms with van der Waals surface area (Å²) in [6.45, 7) is 6.24. The number of nitrogens with zero attached hydrogens (tertiary/aromatic N) is 1. The minimum Gasteiger partial charge on any atom is -0.480 e. The summed E-state index contributed by atoms with van der Waals surface area (Å²) in [5.41, 5.74) is 1.83. The molecule has 180 valence electrons. The van der Waals surface area contributed by atoms with Gasteiger partial charge < -0.3 is 10.4 Å². The van der Waals surface area contributed by atoms with Crippen LogP contribution in [0.25, 0.3) is 0 Å². The summed E-state index contributed by atoms with van der Waals surface area (Å²) >= 11 is 1.48. The first-order valence-corrected chi connectivity index (χ1v) is 12.6. The maximum Gasteiger partial charge on any atom is 0.327 e. The number of carbonyl (C=O) groups excluding carboxylic acids is 2. The van der Waals surface area contributed by atoms with E-state index < -0.39 is 23.9 Å². The van der Waals surface area contributed by atoms with E-state index >= 15 is 0 Å². The van der Waals surface area contributed by atoms with Crippen molar-refractivity contribution in [1.82, 2.24) is 10.2 Å². The lowest BCUT2D eigenvalue weighted by atomic mass is 10.1. The molecule has 0 aromatic heterocycles. The fourth-order valence-electron chi connectivity index (χ4n) is 2.99. The van der Waals surface area contributed by atoms with Gasteiger partial charge in [-0.3, -0.25) is 9.69 Å². The second kappa shape index (κ2) is 14.1. The molecule has 1 atom stereocenters. The maximum atomic E-state index is 13.2. The molecular weight excluding hydrogens is 448 g/mol. The number of thioether (sulfide) groups is 1. The summed E-state index contributed by atoms with van der Waals surface area (Å²) in [4.78, 5) is 38.8. The fraction of sp³-hybridized carbons (Fsp3) is 0.370. The Labute approximate surface area is 206 Å². The number of carboxylic acid groups (broad SMARTS) is 1. The molecule has 0 heterocycles. The van der Waals surface area contributed by atoms with Gasteiger partial charge in [-0.25, -0.2) is 9.59 Å². The molecule has 0 aliphatic carbocycles. The Bertz CT molecular complexity index is 1030. The highest BCUT2D eigenvalue weighted by atomic mass is 32.2. The van der Waals surface area contributed by atoms with Crippen LogP contribution in [0.3, 0.4) is 0 Å². The van der Waals surface area contributed by atoms with Crippen LogP contribution in [0.5, 0.6) is 0 Å². The molecule has 0 fully saturated rings. The summed E-state index contributed by atoms with van der Waals surface area (Å²) < 4.78 is 0. The van der Waals surface area contributed by atoms with Crippen LogP contribution in [-0.2, 0) is 4.79 Å². The summed E-state index contributed by atoms with van der Waals surface area (Å²) in [6.07, 6.45) is 1.52. The van der Waals surface area contributed by atoms with Gasteiger partial charge in [0, 0.05) is 29.0 Å². The molecule has 0 radical (unpaired) electrons. The van der Waals surface area contributed by atoms with Crippen molar-refractivity contribution < 1.29 is 19.5 Å². The molecule has 0 spiro atoms. The molecule has 0 aliphatic heterocycles. The van der Waals surface area contributed by atoms with Crippen molar-refractivity contribution in [3.8, 4) is 11.8 Å².